The molecule has 0 radical (unpaired) electrons. The van der Waals surface area contributed by atoms with Crippen molar-refractivity contribution in [2.45, 2.75) is 26.1 Å². The summed E-state index contributed by atoms with van der Waals surface area (Å²) in [5.41, 5.74) is 1.07. The highest BCUT2D eigenvalue weighted by atomic mass is 32.1. The molecule has 1 aromatic heterocycles. The average Bonchev–Trinajstić information content (AvgIpc) is 2.30. The molecule has 1 rings (SSSR count). The minimum Gasteiger partial charge on any atom is -0.334 e. The summed E-state index contributed by atoms with van der Waals surface area (Å²) >= 11 is 4.16. The number of aromatic nitrogens is 2. The Morgan fingerprint density at radius 3 is 2.80 bits per heavy atom. The van der Waals surface area contributed by atoms with Crippen molar-refractivity contribution in [3.63, 3.8) is 0 Å². The minimum atomic E-state index is 0.724. The van der Waals surface area contributed by atoms with E-state index in [-0.39, 0.29) is 0 Å². The molecule has 0 saturated carbocycles. The van der Waals surface area contributed by atoms with Crippen LogP contribution in [0.1, 0.15) is 18.4 Å². The maximum absolute atomic E-state index is 4.29. The first kappa shape index (κ1) is 7.66. The molecule has 10 heavy (non-hydrogen) atoms. The smallest absolute Gasteiger partial charge is 0.118 e. The highest BCUT2D eigenvalue weighted by molar-refractivity contribution is 7.79. The van der Waals surface area contributed by atoms with Gasteiger partial charge in [0.05, 0.1) is 5.69 Å². The molecule has 0 aliphatic carbocycles. The SMILES string of the molecule is CCn1cc(C)nc1CS. The third-order valence-electron chi connectivity index (χ3n) is 1.46. The van der Waals surface area contributed by atoms with E-state index >= 15 is 0 Å². The number of hydrogen-bond acceptors (Lipinski definition) is 2. The van der Waals surface area contributed by atoms with Gasteiger partial charge in [0.1, 0.15) is 5.82 Å². The molecule has 1 aromatic rings. The van der Waals surface area contributed by atoms with Crippen molar-refractivity contribution in [1.82, 2.24) is 9.55 Å². The molecule has 0 saturated heterocycles. The summed E-state index contributed by atoms with van der Waals surface area (Å²) in [6, 6.07) is 0. The number of nitrogens with zero attached hydrogens (tertiary/aromatic N) is 2. The number of imidazole rings is 1. The molecule has 0 unspecified atom stereocenters. The molecule has 0 spiro atoms. The lowest BCUT2D eigenvalue weighted by atomic mass is 10.6. The van der Waals surface area contributed by atoms with Crippen LogP contribution in [0.25, 0.3) is 0 Å². The van der Waals surface area contributed by atoms with E-state index in [9.17, 15) is 0 Å². The van der Waals surface area contributed by atoms with Crippen LogP contribution in [0, 0.1) is 6.92 Å². The minimum absolute atomic E-state index is 0.724. The van der Waals surface area contributed by atoms with E-state index in [2.05, 4.69) is 29.1 Å². The molecule has 0 amide bonds. The molecule has 1 heterocycles. The lowest BCUT2D eigenvalue weighted by Crippen LogP contribution is -1.97. The van der Waals surface area contributed by atoms with E-state index < -0.39 is 0 Å². The van der Waals surface area contributed by atoms with E-state index in [0.29, 0.717) is 0 Å². The van der Waals surface area contributed by atoms with Crippen LogP contribution in [-0.2, 0) is 12.3 Å². The predicted molar refractivity (Wildman–Crippen MR) is 45.3 cm³/mol. The van der Waals surface area contributed by atoms with Gasteiger partial charge in [-0.2, -0.15) is 12.6 Å². The zero-order valence-corrected chi connectivity index (χ0v) is 7.23. The van der Waals surface area contributed by atoms with Crippen LogP contribution in [0.4, 0.5) is 0 Å². The maximum atomic E-state index is 4.29. The Morgan fingerprint density at radius 2 is 2.40 bits per heavy atom. The normalized spacial score (nSPS) is 10.3. The fraction of sp³-hybridized carbons (Fsp3) is 0.571. The summed E-state index contributed by atoms with van der Waals surface area (Å²) in [5.74, 6) is 1.78. The van der Waals surface area contributed by atoms with Gasteiger partial charge in [-0.25, -0.2) is 4.98 Å². The zero-order chi connectivity index (χ0) is 7.56. The van der Waals surface area contributed by atoms with Crippen molar-refractivity contribution >= 4 is 12.6 Å². The van der Waals surface area contributed by atoms with Crippen molar-refractivity contribution in [3.05, 3.63) is 17.7 Å². The number of rotatable bonds is 2. The molecule has 0 aromatic carbocycles. The van der Waals surface area contributed by atoms with E-state index in [1.165, 1.54) is 0 Å². The quantitative estimate of drug-likeness (QED) is 0.644. The molecule has 0 bridgehead atoms. The second-order valence-corrected chi connectivity index (χ2v) is 2.56. The molecule has 0 aliphatic heterocycles. The topological polar surface area (TPSA) is 17.8 Å². The van der Waals surface area contributed by atoms with Crippen molar-refractivity contribution in [2.75, 3.05) is 0 Å². The highest BCUT2D eigenvalue weighted by Crippen LogP contribution is 2.04. The Balaban J connectivity index is 2.96. The average molecular weight is 156 g/mol. The largest absolute Gasteiger partial charge is 0.334 e. The Morgan fingerprint density at radius 1 is 1.70 bits per heavy atom. The molecule has 0 aliphatic rings. The maximum Gasteiger partial charge on any atom is 0.118 e. The third kappa shape index (κ3) is 1.34. The fourth-order valence-electron chi connectivity index (χ4n) is 0.997. The van der Waals surface area contributed by atoms with Crippen LogP contribution in [0.3, 0.4) is 0 Å². The monoisotopic (exact) mass is 156 g/mol. The van der Waals surface area contributed by atoms with Gasteiger partial charge in [-0.15, -0.1) is 0 Å². The van der Waals surface area contributed by atoms with Crippen molar-refractivity contribution in [2.24, 2.45) is 0 Å². The van der Waals surface area contributed by atoms with Gasteiger partial charge in [0.15, 0.2) is 0 Å². The number of thiol groups is 1. The molecule has 0 N–H and O–H groups in total. The number of aryl methyl sites for hydroxylation is 2. The van der Waals surface area contributed by atoms with E-state index in [1.54, 1.807) is 0 Å². The van der Waals surface area contributed by atoms with Crippen LogP contribution < -0.4 is 0 Å². The summed E-state index contributed by atoms with van der Waals surface area (Å²) in [6.07, 6.45) is 2.05. The van der Waals surface area contributed by atoms with Crippen molar-refractivity contribution in [3.8, 4) is 0 Å². The van der Waals surface area contributed by atoms with Crippen LogP contribution in [0.5, 0.6) is 0 Å². The number of hydrogen-bond donors (Lipinski definition) is 1. The standard InChI is InChI=1S/C7H12N2S/c1-3-9-4-6(2)8-7(9)5-10/h4,10H,3,5H2,1-2H3. The molecule has 56 valence electrons. The van der Waals surface area contributed by atoms with Crippen molar-refractivity contribution in [1.29, 1.82) is 0 Å². The zero-order valence-electron chi connectivity index (χ0n) is 6.33. The molecule has 0 fully saturated rings. The molecule has 3 heteroatoms. The van der Waals surface area contributed by atoms with Crippen molar-refractivity contribution < 1.29 is 0 Å². The second-order valence-electron chi connectivity index (χ2n) is 2.24. The van der Waals surface area contributed by atoms with E-state index in [1.807, 2.05) is 13.1 Å². The van der Waals surface area contributed by atoms with E-state index in [4.69, 9.17) is 0 Å². The van der Waals surface area contributed by atoms with E-state index in [0.717, 1.165) is 23.8 Å². The van der Waals surface area contributed by atoms with Gasteiger partial charge in [0.25, 0.3) is 0 Å². The summed E-state index contributed by atoms with van der Waals surface area (Å²) in [7, 11) is 0. The molecular weight excluding hydrogens is 144 g/mol. The van der Waals surface area contributed by atoms with Crippen LogP contribution >= 0.6 is 12.6 Å². The third-order valence-corrected chi connectivity index (χ3v) is 1.74. The summed E-state index contributed by atoms with van der Waals surface area (Å²) in [4.78, 5) is 4.29. The Labute approximate surface area is 66.7 Å². The van der Waals surface area contributed by atoms with Gasteiger partial charge < -0.3 is 4.57 Å². The first-order chi connectivity index (χ1) is 4.77. The Hall–Kier alpha value is -0.440. The van der Waals surface area contributed by atoms with Crippen LogP contribution in [-0.4, -0.2) is 9.55 Å². The van der Waals surface area contributed by atoms with Gasteiger partial charge in [0.2, 0.25) is 0 Å². The summed E-state index contributed by atoms with van der Waals surface area (Å²) < 4.78 is 2.11. The molecular formula is C7H12N2S. The Kier molecular flexibility index (Phi) is 2.38. The first-order valence-corrected chi connectivity index (χ1v) is 4.04. The summed E-state index contributed by atoms with van der Waals surface area (Å²) in [6.45, 7) is 5.09. The Bertz CT molecular complexity index is 196. The van der Waals surface area contributed by atoms with Gasteiger partial charge >= 0.3 is 0 Å². The molecule has 0 atom stereocenters. The first-order valence-electron chi connectivity index (χ1n) is 3.41. The molecule has 2 nitrogen and oxygen atoms in total. The van der Waals surface area contributed by atoms with Gasteiger partial charge in [0, 0.05) is 18.5 Å². The lowest BCUT2D eigenvalue weighted by molar-refractivity contribution is 0.726. The lowest BCUT2D eigenvalue weighted by Gasteiger charge is -1.98. The van der Waals surface area contributed by atoms with Gasteiger partial charge in [-0.3, -0.25) is 0 Å². The highest BCUT2D eigenvalue weighted by Gasteiger charge is 1.99. The van der Waals surface area contributed by atoms with Gasteiger partial charge in [-0.1, -0.05) is 0 Å². The predicted octanol–water partition coefficient (Wildman–Crippen LogP) is 1.64. The van der Waals surface area contributed by atoms with Crippen LogP contribution in [0.2, 0.25) is 0 Å². The van der Waals surface area contributed by atoms with Crippen LogP contribution in [0.15, 0.2) is 6.20 Å². The van der Waals surface area contributed by atoms with Gasteiger partial charge in [-0.05, 0) is 13.8 Å². The second kappa shape index (κ2) is 3.10. The fourth-order valence-corrected chi connectivity index (χ4v) is 1.25. The summed E-state index contributed by atoms with van der Waals surface area (Å²) in [5, 5.41) is 0.